The van der Waals surface area contributed by atoms with E-state index < -0.39 is 9.84 Å². The number of nitrogens with two attached hydrogens (primary N) is 1. The van der Waals surface area contributed by atoms with Gasteiger partial charge in [0.1, 0.15) is 11.9 Å². The van der Waals surface area contributed by atoms with E-state index in [1.54, 1.807) is 0 Å². The SMILES string of the molecule is NCCCCc1ccc(OC2CS(=O)(=O)C2)c(Cl)c1. The summed E-state index contributed by atoms with van der Waals surface area (Å²) < 4.78 is 27.7. The fraction of sp³-hybridized carbons (Fsp3) is 0.538. The highest BCUT2D eigenvalue weighted by Crippen LogP contribution is 2.29. The van der Waals surface area contributed by atoms with E-state index in [2.05, 4.69) is 0 Å². The highest BCUT2D eigenvalue weighted by atomic mass is 35.5. The van der Waals surface area contributed by atoms with Gasteiger partial charge in [-0.2, -0.15) is 0 Å². The third-order valence-electron chi connectivity index (χ3n) is 3.09. The van der Waals surface area contributed by atoms with Gasteiger partial charge in [-0.15, -0.1) is 0 Å². The minimum absolute atomic E-state index is 0.0849. The van der Waals surface area contributed by atoms with E-state index in [9.17, 15) is 8.42 Å². The van der Waals surface area contributed by atoms with Gasteiger partial charge in [0.25, 0.3) is 0 Å². The van der Waals surface area contributed by atoms with E-state index in [0.29, 0.717) is 17.3 Å². The third-order valence-corrected chi connectivity index (χ3v) is 5.14. The first-order valence-corrected chi connectivity index (χ1v) is 8.56. The Balaban J connectivity index is 1.92. The molecule has 4 nitrogen and oxygen atoms in total. The molecule has 19 heavy (non-hydrogen) atoms. The minimum Gasteiger partial charge on any atom is -0.487 e. The summed E-state index contributed by atoms with van der Waals surface area (Å²) >= 11 is 6.14. The van der Waals surface area contributed by atoms with Crippen LogP contribution < -0.4 is 10.5 Å². The van der Waals surface area contributed by atoms with Crippen LogP contribution in [0.4, 0.5) is 0 Å². The van der Waals surface area contributed by atoms with Crippen molar-refractivity contribution in [2.45, 2.75) is 25.4 Å². The van der Waals surface area contributed by atoms with Crippen molar-refractivity contribution in [1.82, 2.24) is 0 Å². The molecule has 0 aromatic heterocycles. The lowest BCUT2D eigenvalue weighted by atomic mass is 10.1. The molecule has 0 radical (unpaired) electrons. The Hall–Kier alpha value is -0.780. The number of benzene rings is 1. The standard InChI is InChI=1S/C13H18ClNO3S/c14-12-7-10(3-1-2-6-15)4-5-13(12)18-11-8-19(16,17)9-11/h4-5,7,11H,1-3,6,8-9,15H2. The quantitative estimate of drug-likeness (QED) is 0.814. The average molecular weight is 304 g/mol. The van der Waals surface area contributed by atoms with Crippen molar-refractivity contribution in [1.29, 1.82) is 0 Å². The van der Waals surface area contributed by atoms with Gasteiger partial charge in [0.2, 0.25) is 0 Å². The van der Waals surface area contributed by atoms with Gasteiger partial charge < -0.3 is 10.5 Å². The van der Waals surface area contributed by atoms with Crippen LogP contribution in [0.15, 0.2) is 18.2 Å². The molecule has 1 fully saturated rings. The molecule has 2 N–H and O–H groups in total. The van der Waals surface area contributed by atoms with E-state index in [0.717, 1.165) is 24.8 Å². The van der Waals surface area contributed by atoms with Crippen molar-refractivity contribution in [2.24, 2.45) is 5.73 Å². The van der Waals surface area contributed by atoms with Gasteiger partial charge in [-0.1, -0.05) is 17.7 Å². The molecule has 0 atom stereocenters. The molecule has 0 amide bonds. The van der Waals surface area contributed by atoms with Gasteiger partial charge in [0.05, 0.1) is 16.5 Å². The maximum absolute atomic E-state index is 11.0. The zero-order valence-corrected chi connectivity index (χ0v) is 12.2. The van der Waals surface area contributed by atoms with Crippen LogP contribution in [-0.2, 0) is 16.3 Å². The second-order valence-corrected chi connectivity index (χ2v) is 7.39. The van der Waals surface area contributed by atoms with Crippen LogP contribution in [0.5, 0.6) is 5.75 Å². The number of sulfone groups is 1. The topological polar surface area (TPSA) is 69.4 Å². The molecular formula is C13H18ClNO3S. The van der Waals surface area contributed by atoms with E-state index in [1.807, 2.05) is 18.2 Å². The van der Waals surface area contributed by atoms with Gasteiger partial charge in [-0.3, -0.25) is 0 Å². The molecule has 106 valence electrons. The summed E-state index contributed by atoms with van der Waals surface area (Å²) in [5, 5.41) is 0.537. The first-order chi connectivity index (χ1) is 9.00. The number of aryl methyl sites for hydroxylation is 1. The van der Waals surface area contributed by atoms with Gasteiger partial charge in [-0.05, 0) is 43.5 Å². The van der Waals surface area contributed by atoms with Crippen molar-refractivity contribution in [3.8, 4) is 5.75 Å². The molecule has 1 aromatic rings. The Morgan fingerprint density at radius 1 is 1.32 bits per heavy atom. The molecule has 0 spiro atoms. The highest BCUT2D eigenvalue weighted by molar-refractivity contribution is 7.92. The number of hydrogen-bond donors (Lipinski definition) is 1. The lowest BCUT2D eigenvalue weighted by molar-refractivity contribution is 0.230. The van der Waals surface area contributed by atoms with Crippen LogP contribution >= 0.6 is 11.6 Å². The Kier molecular flexibility index (Phi) is 4.71. The molecular weight excluding hydrogens is 286 g/mol. The van der Waals surface area contributed by atoms with E-state index in [-0.39, 0.29) is 17.6 Å². The number of unbranched alkanes of at least 4 members (excludes halogenated alkanes) is 1. The Morgan fingerprint density at radius 2 is 2.05 bits per heavy atom. The molecule has 2 rings (SSSR count). The zero-order chi connectivity index (χ0) is 13.9. The lowest BCUT2D eigenvalue weighted by Gasteiger charge is -2.27. The molecule has 1 aromatic carbocycles. The molecule has 0 aliphatic carbocycles. The largest absolute Gasteiger partial charge is 0.487 e. The van der Waals surface area contributed by atoms with Crippen LogP contribution in [-0.4, -0.2) is 32.6 Å². The molecule has 1 heterocycles. The van der Waals surface area contributed by atoms with Crippen LogP contribution in [0, 0.1) is 0 Å². The number of hydrogen-bond acceptors (Lipinski definition) is 4. The molecule has 0 unspecified atom stereocenters. The molecule has 1 saturated heterocycles. The summed E-state index contributed by atoms with van der Waals surface area (Å²) in [6.07, 6.45) is 2.71. The van der Waals surface area contributed by atoms with Gasteiger partial charge in [-0.25, -0.2) is 8.42 Å². The fourth-order valence-corrected chi connectivity index (χ4v) is 3.45. The van der Waals surface area contributed by atoms with Crippen molar-refractivity contribution in [3.05, 3.63) is 28.8 Å². The first kappa shape index (κ1) is 14.6. The predicted octanol–water partition coefficient (Wildman–Crippen LogP) is 1.80. The van der Waals surface area contributed by atoms with Crippen LogP contribution in [0.1, 0.15) is 18.4 Å². The summed E-state index contributed by atoms with van der Waals surface area (Å²) in [6, 6.07) is 5.65. The monoisotopic (exact) mass is 303 g/mol. The zero-order valence-electron chi connectivity index (χ0n) is 10.6. The number of halogens is 1. The average Bonchev–Trinajstić information content (AvgIpc) is 2.30. The summed E-state index contributed by atoms with van der Waals surface area (Å²) in [6.45, 7) is 0.699. The number of rotatable bonds is 6. The fourth-order valence-electron chi connectivity index (χ4n) is 2.03. The Bertz CT molecular complexity index is 533. The van der Waals surface area contributed by atoms with Crippen LogP contribution in [0.3, 0.4) is 0 Å². The van der Waals surface area contributed by atoms with E-state index in [1.165, 1.54) is 0 Å². The smallest absolute Gasteiger partial charge is 0.157 e. The normalized spacial score (nSPS) is 18.0. The highest BCUT2D eigenvalue weighted by Gasteiger charge is 2.35. The van der Waals surface area contributed by atoms with Crippen LogP contribution in [0.2, 0.25) is 5.02 Å². The lowest BCUT2D eigenvalue weighted by Crippen LogP contribution is -2.45. The summed E-state index contributed by atoms with van der Waals surface area (Å²) in [7, 11) is -2.87. The maximum atomic E-state index is 11.0. The first-order valence-electron chi connectivity index (χ1n) is 6.36. The molecule has 1 aliphatic heterocycles. The minimum atomic E-state index is -2.87. The van der Waals surface area contributed by atoms with Gasteiger partial charge in [0.15, 0.2) is 9.84 Å². The maximum Gasteiger partial charge on any atom is 0.157 e. The van der Waals surface area contributed by atoms with Crippen molar-refractivity contribution >= 4 is 21.4 Å². The van der Waals surface area contributed by atoms with Crippen molar-refractivity contribution in [3.63, 3.8) is 0 Å². The third kappa shape index (κ3) is 4.09. The van der Waals surface area contributed by atoms with Crippen molar-refractivity contribution < 1.29 is 13.2 Å². The molecule has 1 aliphatic rings. The van der Waals surface area contributed by atoms with E-state index >= 15 is 0 Å². The predicted molar refractivity (Wildman–Crippen MR) is 76.5 cm³/mol. The molecule has 0 saturated carbocycles. The second-order valence-electron chi connectivity index (χ2n) is 4.83. The second kappa shape index (κ2) is 6.11. The summed E-state index contributed by atoms with van der Waals surface area (Å²) in [5.41, 5.74) is 6.60. The Labute approximate surface area is 118 Å². The molecule has 0 bridgehead atoms. The summed E-state index contributed by atoms with van der Waals surface area (Å²) in [5.74, 6) is 0.729. The Morgan fingerprint density at radius 3 is 2.63 bits per heavy atom. The van der Waals surface area contributed by atoms with E-state index in [4.69, 9.17) is 22.1 Å². The summed E-state index contributed by atoms with van der Waals surface area (Å²) in [4.78, 5) is 0. The van der Waals surface area contributed by atoms with Crippen LogP contribution in [0.25, 0.3) is 0 Å². The van der Waals surface area contributed by atoms with Gasteiger partial charge >= 0.3 is 0 Å². The molecule has 6 heteroatoms. The van der Waals surface area contributed by atoms with Gasteiger partial charge in [0, 0.05) is 0 Å². The number of ether oxygens (including phenoxy) is 1. The van der Waals surface area contributed by atoms with Crippen molar-refractivity contribution in [2.75, 3.05) is 18.1 Å².